The van der Waals surface area contributed by atoms with E-state index in [2.05, 4.69) is 42.6 Å². The summed E-state index contributed by atoms with van der Waals surface area (Å²) >= 11 is 0. The van der Waals surface area contributed by atoms with Gasteiger partial charge in [-0.3, -0.25) is 4.79 Å². The number of hydrogen-bond acceptors (Lipinski definition) is 2. The molecule has 0 spiro atoms. The number of carboxylic acids is 1. The zero-order valence-electron chi connectivity index (χ0n) is 13.4. The van der Waals surface area contributed by atoms with E-state index in [1.165, 1.54) is 11.1 Å². The molecule has 0 amide bonds. The third kappa shape index (κ3) is 7.31. The molecule has 2 aromatic rings. The lowest BCUT2D eigenvalue weighted by Crippen LogP contribution is -2.30. The fourth-order valence-corrected chi connectivity index (χ4v) is 2.57. The Bertz CT molecular complexity index is 601. The predicted octanol–water partition coefficient (Wildman–Crippen LogP) is 3.50. The summed E-state index contributed by atoms with van der Waals surface area (Å²) in [5.41, 5.74) is 3.38. The van der Waals surface area contributed by atoms with Crippen LogP contribution in [0.25, 0.3) is 0 Å². The van der Waals surface area contributed by atoms with E-state index < -0.39 is 5.97 Å². The second-order valence-electron chi connectivity index (χ2n) is 5.69. The first-order valence-corrected chi connectivity index (χ1v) is 7.70. The van der Waals surface area contributed by atoms with Crippen LogP contribution in [-0.2, 0) is 24.1 Å². The predicted molar refractivity (Wildman–Crippen MR) is 96.3 cm³/mol. The van der Waals surface area contributed by atoms with Gasteiger partial charge in [-0.05, 0) is 43.0 Å². The summed E-state index contributed by atoms with van der Waals surface area (Å²) in [4.78, 5) is 10.8. The smallest absolute Gasteiger partial charge is 0.307 e. The Labute approximate surface area is 144 Å². The van der Waals surface area contributed by atoms with Crippen LogP contribution in [-0.4, -0.2) is 23.7 Å². The van der Waals surface area contributed by atoms with Gasteiger partial charge in [0.2, 0.25) is 0 Å². The third-order valence-electron chi connectivity index (χ3n) is 3.64. The van der Waals surface area contributed by atoms with Gasteiger partial charge in [-0.15, -0.1) is 12.4 Å². The Morgan fingerprint density at radius 2 is 1.70 bits per heavy atom. The fourth-order valence-electron chi connectivity index (χ4n) is 2.57. The molecule has 0 aromatic heterocycles. The van der Waals surface area contributed by atoms with Gasteiger partial charge in [0.15, 0.2) is 0 Å². The van der Waals surface area contributed by atoms with E-state index in [0.717, 1.165) is 24.9 Å². The molecular formula is C19H24ClNO2. The molecule has 2 rings (SSSR count). The summed E-state index contributed by atoms with van der Waals surface area (Å²) < 4.78 is 0. The first kappa shape index (κ1) is 19.2. The molecule has 0 aliphatic carbocycles. The Hall–Kier alpha value is -1.84. The SMILES string of the molecule is C[C@@H](Cc1cccc(CC(=O)O)c1)NCCc1ccccc1.Cl. The minimum absolute atomic E-state index is 0. The van der Waals surface area contributed by atoms with Gasteiger partial charge in [0, 0.05) is 6.04 Å². The number of carboxylic acid groups (broad SMARTS) is 1. The van der Waals surface area contributed by atoms with Gasteiger partial charge in [0.1, 0.15) is 0 Å². The van der Waals surface area contributed by atoms with Crippen LogP contribution in [0, 0.1) is 0 Å². The van der Waals surface area contributed by atoms with Gasteiger partial charge in [-0.2, -0.15) is 0 Å². The summed E-state index contributed by atoms with van der Waals surface area (Å²) in [5.74, 6) is -0.786. The van der Waals surface area contributed by atoms with Crippen molar-refractivity contribution in [2.45, 2.75) is 32.2 Å². The van der Waals surface area contributed by atoms with Crippen molar-refractivity contribution in [3.8, 4) is 0 Å². The van der Waals surface area contributed by atoms with Gasteiger partial charge >= 0.3 is 5.97 Å². The molecule has 0 radical (unpaired) electrons. The van der Waals surface area contributed by atoms with Crippen molar-refractivity contribution >= 4 is 18.4 Å². The summed E-state index contributed by atoms with van der Waals surface area (Å²) in [6, 6.07) is 18.6. The van der Waals surface area contributed by atoms with Gasteiger partial charge in [-0.25, -0.2) is 0 Å². The minimum Gasteiger partial charge on any atom is -0.481 e. The molecule has 0 aliphatic heterocycles. The molecular weight excluding hydrogens is 310 g/mol. The zero-order chi connectivity index (χ0) is 15.8. The van der Waals surface area contributed by atoms with Crippen molar-refractivity contribution in [3.63, 3.8) is 0 Å². The van der Waals surface area contributed by atoms with Gasteiger partial charge in [0.05, 0.1) is 6.42 Å². The molecule has 1 atom stereocenters. The van der Waals surface area contributed by atoms with Crippen molar-refractivity contribution in [1.82, 2.24) is 5.32 Å². The Kier molecular flexibility index (Phi) is 8.38. The van der Waals surface area contributed by atoms with Crippen LogP contribution in [0.5, 0.6) is 0 Å². The molecule has 2 N–H and O–H groups in total. The number of rotatable bonds is 8. The zero-order valence-corrected chi connectivity index (χ0v) is 14.2. The van der Waals surface area contributed by atoms with Crippen LogP contribution in [0.3, 0.4) is 0 Å². The average molecular weight is 334 g/mol. The molecule has 0 fully saturated rings. The highest BCUT2D eigenvalue weighted by Gasteiger charge is 2.05. The molecule has 23 heavy (non-hydrogen) atoms. The van der Waals surface area contributed by atoms with Crippen LogP contribution < -0.4 is 5.32 Å². The van der Waals surface area contributed by atoms with Gasteiger partial charge < -0.3 is 10.4 Å². The first-order chi connectivity index (χ1) is 10.6. The number of hydrogen-bond donors (Lipinski definition) is 2. The van der Waals surface area contributed by atoms with Crippen molar-refractivity contribution in [1.29, 1.82) is 0 Å². The molecule has 3 nitrogen and oxygen atoms in total. The monoisotopic (exact) mass is 333 g/mol. The van der Waals surface area contributed by atoms with Crippen LogP contribution in [0.2, 0.25) is 0 Å². The van der Waals surface area contributed by atoms with Gasteiger partial charge in [-0.1, -0.05) is 54.6 Å². The van der Waals surface area contributed by atoms with E-state index in [0.29, 0.717) is 6.04 Å². The van der Waals surface area contributed by atoms with Crippen LogP contribution >= 0.6 is 12.4 Å². The Morgan fingerprint density at radius 3 is 2.39 bits per heavy atom. The number of benzene rings is 2. The lowest BCUT2D eigenvalue weighted by molar-refractivity contribution is -0.136. The topological polar surface area (TPSA) is 49.3 Å². The van der Waals surface area contributed by atoms with E-state index in [4.69, 9.17) is 5.11 Å². The lowest BCUT2D eigenvalue weighted by Gasteiger charge is -2.14. The number of halogens is 1. The Morgan fingerprint density at radius 1 is 1.04 bits per heavy atom. The van der Waals surface area contributed by atoms with E-state index >= 15 is 0 Å². The summed E-state index contributed by atoms with van der Waals surface area (Å²) in [7, 11) is 0. The first-order valence-electron chi connectivity index (χ1n) is 7.70. The maximum Gasteiger partial charge on any atom is 0.307 e. The Balaban J connectivity index is 0.00000264. The van der Waals surface area contributed by atoms with Crippen LogP contribution in [0.4, 0.5) is 0 Å². The molecule has 0 unspecified atom stereocenters. The number of aliphatic carboxylic acids is 1. The van der Waals surface area contributed by atoms with Gasteiger partial charge in [0.25, 0.3) is 0 Å². The largest absolute Gasteiger partial charge is 0.481 e. The highest BCUT2D eigenvalue weighted by atomic mass is 35.5. The standard InChI is InChI=1S/C19H23NO2.ClH/c1-15(20-11-10-16-6-3-2-4-7-16)12-17-8-5-9-18(13-17)14-19(21)22;/h2-9,13,15,20H,10-12,14H2,1H3,(H,21,22);1H/t15-;/m0./s1. The van der Waals surface area contributed by atoms with Crippen molar-refractivity contribution in [3.05, 3.63) is 71.3 Å². The van der Waals surface area contributed by atoms with E-state index in [-0.39, 0.29) is 18.8 Å². The summed E-state index contributed by atoms with van der Waals surface area (Å²) in [6.07, 6.45) is 2.01. The molecule has 2 aromatic carbocycles. The minimum atomic E-state index is -0.786. The van der Waals surface area contributed by atoms with Crippen molar-refractivity contribution < 1.29 is 9.90 Å². The molecule has 0 saturated heterocycles. The van der Waals surface area contributed by atoms with E-state index in [1.807, 2.05) is 24.3 Å². The number of nitrogens with one attached hydrogen (secondary N) is 1. The van der Waals surface area contributed by atoms with Crippen molar-refractivity contribution in [2.24, 2.45) is 0 Å². The summed E-state index contributed by atoms with van der Waals surface area (Å²) in [6.45, 7) is 3.11. The van der Waals surface area contributed by atoms with Crippen LogP contribution in [0.15, 0.2) is 54.6 Å². The second kappa shape index (κ2) is 10.0. The molecule has 0 saturated carbocycles. The maximum absolute atomic E-state index is 10.8. The second-order valence-corrected chi connectivity index (χ2v) is 5.69. The average Bonchev–Trinajstić information content (AvgIpc) is 2.48. The third-order valence-corrected chi connectivity index (χ3v) is 3.64. The molecule has 124 valence electrons. The number of carbonyl (C=O) groups is 1. The van der Waals surface area contributed by atoms with E-state index in [9.17, 15) is 4.79 Å². The molecule has 0 bridgehead atoms. The van der Waals surface area contributed by atoms with Crippen LogP contribution in [0.1, 0.15) is 23.6 Å². The molecule has 4 heteroatoms. The lowest BCUT2D eigenvalue weighted by atomic mass is 10.0. The molecule has 0 heterocycles. The fraction of sp³-hybridized carbons (Fsp3) is 0.316. The molecule has 0 aliphatic rings. The highest BCUT2D eigenvalue weighted by Crippen LogP contribution is 2.09. The van der Waals surface area contributed by atoms with Crippen molar-refractivity contribution in [2.75, 3.05) is 6.54 Å². The maximum atomic E-state index is 10.8. The normalized spacial score (nSPS) is 11.5. The van der Waals surface area contributed by atoms with E-state index in [1.54, 1.807) is 0 Å². The highest BCUT2D eigenvalue weighted by molar-refractivity contribution is 5.85. The quantitative estimate of drug-likeness (QED) is 0.777. The summed E-state index contributed by atoms with van der Waals surface area (Å²) in [5, 5.41) is 12.4.